The van der Waals surface area contributed by atoms with Crippen molar-refractivity contribution >= 4 is 38.9 Å². The molecule has 0 aliphatic carbocycles. The topological polar surface area (TPSA) is 132 Å². The van der Waals surface area contributed by atoms with Gasteiger partial charge in [-0.1, -0.05) is 48.5 Å². The minimum atomic E-state index is -4.49. The second-order valence-electron chi connectivity index (χ2n) is 12.6. The number of hydrogen-bond acceptors (Lipinski definition) is 8. The summed E-state index contributed by atoms with van der Waals surface area (Å²) in [4.78, 5) is 34.2. The molecule has 2 heterocycles. The van der Waals surface area contributed by atoms with Crippen molar-refractivity contribution in [3.63, 3.8) is 0 Å². The SMILES string of the molecule is Cc1csc(C2CCCN2C(=O)c2cc(C(=O)N[C@@H](Cc3ccccc3)[C@H](O)CNCc3cccc(C(F)(F)F)c3)cc(N(C)S(C)(=O)=O)c2)n1. The van der Waals surface area contributed by atoms with Crippen LogP contribution in [0.1, 0.15) is 67.0 Å². The Balaban J connectivity index is 1.40. The Bertz CT molecular complexity index is 1960. The summed E-state index contributed by atoms with van der Waals surface area (Å²) in [7, 11) is -2.45. The van der Waals surface area contributed by atoms with E-state index in [-0.39, 0.29) is 48.3 Å². The van der Waals surface area contributed by atoms with Crippen molar-refractivity contribution in [2.45, 2.75) is 57.1 Å². The third-order valence-corrected chi connectivity index (χ3v) is 11.0. The molecule has 15 heteroatoms. The van der Waals surface area contributed by atoms with E-state index >= 15 is 0 Å². The number of nitrogens with one attached hydrogen (secondary N) is 2. The van der Waals surface area contributed by atoms with Crippen molar-refractivity contribution < 1.29 is 36.3 Å². The van der Waals surface area contributed by atoms with E-state index in [2.05, 4.69) is 15.6 Å². The predicted molar refractivity (Wildman–Crippen MR) is 190 cm³/mol. The lowest BCUT2D eigenvalue weighted by Crippen LogP contribution is -2.48. The number of anilines is 1. The third-order valence-electron chi connectivity index (χ3n) is 8.74. The first-order valence-electron chi connectivity index (χ1n) is 16.3. The van der Waals surface area contributed by atoms with Gasteiger partial charge < -0.3 is 20.6 Å². The van der Waals surface area contributed by atoms with Crippen molar-refractivity contribution in [2.24, 2.45) is 0 Å². The normalized spacial score (nSPS) is 16.1. The standard InChI is InChI=1S/C36H40F3N5O5S2/c1-23-22-50-34(41-23)31-13-8-14-44(31)35(47)27-17-26(18-29(19-27)43(2)51(3,48)49)33(46)42-30(16-24-9-5-4-6-10-24)32(45)21-40-20-25-11-7-12-28(15-25)36(37,38)39/h4-7,9-12,15,17-19,22,30-32,40,45H,8,13-14,16,20-21H2,1-3H3,(H,42,46)/t30-,31?,32+/m0/s1. The fourth-order valence-corrected chi connectivity index (χ4v) is 7.40. The van der Waals surface area contributed by atoms with Crippen LogP contribution in [0.5, 0.6) is 0 Å². The highest BCUT2D eigenvalue weighted by atomic mass is 32.2. The van der Waals surface area contributed by atoms with Crippen LogP contribution in [0.25, 0.3) is 0 Å². The minimum Gasteiger partial charge on any atom is -0.390 e. The number of thiazole rings is 1. The number of aliphatic hydroxyl groups is 1. The van der Waals surface area contributed by atoms with Gasteiger partial charge >= 0.3 is 6.18 Å². The van der Waals surface area contributed by atoms with E-state index in [4.69, 9.17) is 0 Å². The number of nitrogens with zero attached hydrogens (tertiary/aromatic N) is 3. The molecule has 0 saturated carbocycles. The van der Waals surface area contributed by atoms with E-state index in [1.807, 2.05) is 42.6 Å². The average Bonchev–Trinajstić information content (AvgIpc) is 3.76. The lowest BCUT2D eigenvalue weighted by atomic mass is 9.99. The van der Waals surface area contributed by atoms with E-state index < -0.39 is 39.8 Å². The Labute approximate surface area is 299 Å². The zero-order valence-corrected chi connectivity index (χ0v) is 30.0. The smallest absolute Gasteiger partial charge is 0.390 e. The summed E-state index contributed by atoms with van der Waals surface area (Å²) in [5.74, 6) is -1.03. The Kier molecular flexibility index (Phi) is 11.8. The number of halogens is 3. The Morgan fingerprint density at radius 2 is 1.76 bits per heavy atom. The molecule has 1 saturated heterocycles. The molecule has 1 aromatic heterocycles. The van der Waals surface area contributed by atoms with Gasteiger partial charge in [0.15, 0.2) is 0 Å². The number of aromatic nitrogens is 1. The largest absolute Gasteiger partial charge is 0.416 e. The predicted octanol–water partition coefficient (Wildman–Crippen LogP) is 5.34. The van der Waals surface area contributed by atoms with Crippen molar-refractivity contribution in [1.82, 2.24) is 20.5 Å². The molecule has 4 aromatic rings. The van der Waals surface area contributed by atoms with E-state index in [9.17, 15) is 36.3 Å². The van der Waals surface area contributed by atoms with Crippen molar-refractivity contribution in [1.29, 1.82) is 0 Å². The average molecular weight is 744 g/mol. The number of hydrogen-bond donors (Lipinski definition) is 3. The molecular weight excluding hydrogens is 704 g/mol. The molecule has 51 heavy (non-hydrogen) atoms. The van der Waals surface area contributed by atoms with E-state index in [1.54, 1.807) is 11.0 Å². The van der Waals surface area contributed by atoms with E-state index in [0.717, 1.165) is 51.8 Å². The van der Waals surface area contributed by atoms with Crippen molar-refractivity contribution in [2.75, 3.05) is 30.7 Å². The summed E-state index contributed by atoms with van der Waals surface area (Å²) >= 11 is 1.47. The summed E-state index contributed by atoms with van der Waals surface area (Å²) < 4.78 is 65.7. The van der Waals surface area contributed by atoms with Gasteiger partial charge in [0.2, 0.25) is 10.0 Å². The number of carbonyl (C=O) groups excluding carboxylic acids is 2. The molecule has 1 fully saturated rings. The summed E-state index contributed by atoms with van der Waals surface area (Å²) in [5, 5.41) is 19.9. The third kappa shape index (κ3) is 9.73. The molecule has 1 unspecified atom stereocenters. The highest BCUT2D eigenvalue weighted by Crippen LogP contribution is 2.35. The molecule has 1 aliphatic heterocycles. The molecule has 10 nitrogen and oxygen atoms in total. The number of rotatable bonds is 13. The number of likely N-dealkylation sites (tertiary alicyclic amines) is 1. The van der Waals surface area contributed by atoms with Gasteiger partial charge in [-0.3, -0.25) is 13.9 Å². The molecule has 272 valence electrons. The number of carbonyl (C=O) groups is 2. The first kappa shape index (κ1) is 37.9. The summed E-state index contributed by atoms with van der Waals surface area (Å²) in [6.07, 6.45) is -2.98. The van der Waals surface area contributed by atoms with Gasteiger partial charge in [0.25, 0.3) is 11.8 Å². The first-order chi connectivity index (χ1) is 24.1. The molecule has 3 N–H and O–H groups in total. The molecule has 0 bridgehead atoms. The molecule has 3 aromatic carbocycles. The maximum absolute atomic E-state index is 14.0. The summed E-state index contributed by atoms with van der Waals surface area (Å²) in [5.41, 5.74) is 1.48. The monoisotopic (exact) mass is 743 g/mol. The second-order valence-corrected chi connectivity index (χ2v) is 15.6. The number of aryl methyl sites for hydroxylation is 1. The van der Waals surface area contributed by atoms with Crippen LogP contribution in [0.3, 0.4) is 0 Å². The van der Waals surface area contributed by atoms with Crippen LogP contribution in [0, 0.1) is 6.92 Å². The molecule has 3 atom stereocenters. The molecule has 2 amide bonds. The fourth-order valence-electron chi connectivity index (χ4n) is 5.96. The number of aliphatic hydroxyl groups excluding tert-OH is 1. The zero-order valence-electron chi connectivity index (χ0n) is 28.4. The number of sulfonamides is 1. The van der Waals surface area contributed by atoms with Crippen molar-refractivity contribution in [3.05, 3.63) is 117 Å². The Hall–Kier alpha value is -4.31. The molecule has 5 rings (SSSR count). The maximum atomic E-state index is 14.0. The van der Waals surface area contributed by atoms with E-state index in [1.165, 1.54) is 42.6 Å². The maximum Gasteiger partial charge on any atom is 0.416 e. The lowest BCUT2D eigenvalue weighted by molar-refractivity contribution is -0.137. The Morgan fingerprint density at radius 3 is 2.43 bits per heavy atom. The quantitative estimate of drug-likeness (QED) is 0.169. The van der Waals surface area contributed by atoms with Crippen LogP contribution in [-0.4, -0.2) is 73.8 Å². The van der Waals surface area contributed by atoms with Gasteiger partial charge in [0.1, 0.15) is 5.01 Å². The second kappa shape index (κ2) is 15.9. The molecule has 0 spiro atoms. The van der Waals surface area contributed by atoms with Crippen molar-refractivity contribution in [3.8, 4) is 0 Å². The van der Waals surface area contributed by atoms with Gasteiger partial charge in [-0.25, -0.2) is 13.4 Å². The summed E-state index contributed by atoms with van der Waals surface area (Å²) in [6, 6.07) is 17.1. The minimum absolute atomic E-state index is 0.00868. The van der Waals surface area contributed by atoms with Gasteiger partial charge in [0, 0.05) is 48.9 Å². The zero-order chi connectivity index (χ0) is 36.9. The number of amides is 2. The van der Waals surface area contributed by atoms with Crippen LogP contribution in [0.4, 0.5) is 18.9 Å². The Morgan fingerprint density at radius 1 is 1.06 bits per heavy atom. The van der Waals surface area contributed by atoms with Crippen LogP contribution in [0.2, 0.25) is 0 Å². The molecular formula is C36H40F3N5O5S2. The fraction of sp³-hybridized carbons (Fsp3) is 0.361. The van der Waals surface area contributed by atoms with Gasteiger partial charge in [-0.15, -0.1) is 11.3 Å². The highest BCUT2D eigenvalue weighted by Gasteiger charge is 2.34. The van der Waals surface area contributed by atoms with Crippen LogP contribution in [-0.2, 0) is 29.2 Å². The van der Waals surface area contributed by atoms with Gasteiger partial charge in [0.05, 0.1) is 35.7 Å². The molecule has 0 radical (unpaired) electrons. The summed E-state index contributed by atoms with van der Waals surface area (Å²) in [6.45, 7) is 2.32. The van der Waals surface area contributed by atoms with Gasteiger partial charge in [-0.05, 0) is 61.6 Å². The lowest BCUT2D eigenvalue weighted by Gasteiger charge is -2.26. The first-order valence-corrected chi connectivity index (χ1v) is 19.0. The molecule has 1 aliphatic rings. The van der Waals surface area contributed by atoms with E-state index in [0.29, 0.717) is 12.1 Å². The van der Waals surface area contributed by atoms with Crippen LogP contribution >= 0.6 is 11.3 Å². The number of alkyl halides is 3. The van der Waals surface area contributed by atoms with Crippen LogP contribution < -0.4 is 14.9 Å². The highest BCUT2D eigenvalue weighted by molar-refractivity contribution is 7.92. The number of benzene rings is 3. The van der Waals surface area contributed by atoms with Gasteiger partial charge in [-0.2, -0.15) is 13.2 Å². The van der Waals surface area contributed by atoms with Crippen LogP contribution in [0.15, 0.2) is 78.2 Å².